The van der Waals surface area contributed by atoms with Crippen LogP contribution >= 0.6 is 7.57 Å². The van der Waals surface area contributed by atoms with Crippen molar-refractivity contribution in [3.63, 3.8) is 0 Å². The molecule has 0 saturated heterocycles. The molecule has 0 saturated carbocycles. The molecule has 3 nitrogen and oxygen atoms in total. The van der Waals surface area contributed by atoms with E-state index in [1.54, 1.807) is 0 Å². The fourth-order valence-corrected chi connectivity index (χ4v) is 1.45. The molecule has 0 amide bonds. The summed E-state index contributed by atoms with van der Waals surface area (Å²) >= 11 is 0. The van der Waals surface area contributed by atoms with E-state index in [0.717, 1.165) is 0 Å². The third kappa shape index (κ3) is 3.29. The van der Waals surface area contributed by atoms with Gasteiger partial charge in [-0.2, -0.15) is 8.78 Å². The van der Waals surface area contributed by atoms with E-state index in [9.17, 15) is 8.78 Å². The van der Waals surface area contributed by atoms with Gasteiger partial charge in [0.2, 0.25) is 0 Å². The largest absolute Gasteiger partial charge is 0.342 e. The van der Waals surface area contributed by atoms with Crippen molar-refractivity contribution in [2.45, 2.75) is 13.8 Å². The fourth-order valence-electron chi connectivity index (χ4n) is 0.485. The minimum atomic E-state index is -3.96. The highest BCUT2D eigenvalue weighted by Crippen LogP contribution is 2.47. The monoisotopic (exact) mass is 188 g/mol. The van der Waals surface area contributed by atoms with Crippen LogP contribution in [0.1, 0.15) is 13.8 Å². The van der Waals surface area contributed by atoms with Gasteiger partial charge in [0.25, 0.3) is 0 Å². The average Bonchev–Trinajstić information content (AvgIpc) is 1.88. The second kappa shape index (κ2) is 4.83. The molecule has 0 aliphatic carbocycles. The van der Waals surface area contributed by atoms with Crippen molar-refractivity contribution in [1.82, 2.24) is 0 Å². The van der Waals surface area contributed by atoms with E-state index in [1.165, 1.54) is 13.8 Å². The van der Waals surface area contributed by atoms with Gasteiger partial charge in [0.05, 0.1) is 13.2 Å². The molecule has 1 N–H and O–H groups in total. The van der Waals surface area contributed by atoms with Crippen LogP contribution in [-0.4, -0.2) is 23.9 Å². The predicted molar refractivity (Wildman–Crippen MR) is 39.6 cm³/mol. The summed E-state index contributed by atoms with van der Waals surface area (Å²) in [5, 5.41) is 0. The van der Waals surface area contributed by atoms with Gasteiger partial charge in [-0.05, 0) is 13.8 Å². The van der Waals surface area contributed by atoms with Crippen molar-refractivity contribution in [3.05, 3.63) is 0 Å². The van der Waals surface area contributed by atoms with Crippen LogP contribution in [0.2, 0.25) is 0 Å². The Kier molecular flexibility index (Phi) is 4.84. The van der Waals surface area contributed by atoms with E-state index >= 15 is 0 Å². The quantitative estimate of drug-likeness (QED) is 0.684. The summed E-state index contributed by atoms with van der Waals surface area (Å²) in [7, 11) is -3.96. The maximum absolute atomic E-state index is 11.9. The Morgan fingerprint density at radius 3 is 1.82 bits per heavy atom. The van der Waals surface area contributed by atoms with Gasteiger partial charge in [0, 0.05) is 0 Å². The molecule has 0 unspecified atom stereocenters. The maximum Gasteiger partial charge on any atom is 0.342 e. The molecule has 0 aromatic heterocycles. The molecule has 0 rings (SSSR count). The molecule has 68 valence electrons. The first-order valence-electron chi connectivity index (χ1n) is 3.16. The predicted octanol–water partition coefficient (Wildman–Crippen LogP) is 1.84. The SMILES string of the molecule is CCOP(O)(OCC)=C(F)F. The zero-order valence-corrected chi connectivity index (χ0v) is 7.28. The second-order valence-corrected chi connectivity index (χ2v) is 3.49. The van der Waals surface area contributed by atoms with Gasteiger partial charge in [-0.3, -0.25) is 0 Å². The third-order valence-corrected chi connectivity index (χ3v) is 2.47. The van der Waals surface area contributed by atoms with E-state index in [4.69, 9.17) is 4.89 Å². The molecule has 0 heterocycles. The molecule has 0 aromatic rings. The van der Waals surface area contributed by atoms with Crippen LogP contribution in [0.15, 0.2) is 0 Å². The molecule has 0 aliphatic rings. The summed E-state index contributed by atoms with van der Waals surface area (Å²) in [4.78, 5) is 8.97. The smallest absolute Gasteiger partial charge is 0.329 e. The zero-order chi connectivity index (χ0) is 8.91. The van der Waals surface area contributed by atoms with Crippen LogP contribution in [0.5, 0.6) is 0 Å². The first-order chi connectivity index (χ1) is 5.06. The van der Waals surface area contributed by atoms with Crippen LogP contribution in [0, 0.1) is 0 Å². The highest BCUT2D eigenvalue weighted by molar-refractivity contribution is 7.60. The van der Waals surface area contributed by atoms with Crippen molar-refractivity contribution in [2.75, 3.05) is 13.2 Å². The summed E-state index contributed by atoms with van der Waals surface area (Å²) in [5.74, 6) is -2.18. The lowest BCUT2D eigenvalue weighted by Gasteiger charge is -2.15. The van der Waals surface area contributed by atoms with Gasteiger partial charge in [-0.1, -0.05) is 0 Å². The van der Waals surface area contributed by atoms with Crippen LogP contribution < -0.4 is 0 Å². The number of hydrogen-bond acceptors (Lipinski definition) is 3. The summed E-state index contributed by atoms with van der Waals surface area (Å²) in [6, 6.07) is 0. The first kappa shape index (κ1) is 11.0. The summed E-state index contributed by atoms with van der Waals surface area (Å²) in [6.07, 6.45) is 0. The van der Waals surface area contributed by atoms with E-state index in [2.05, 4.69) is 9.05 Å². The van der Waals surface area contributed by atoms with Gasteiger partial charge < -0.3 is 13.9 Å². The van der Waals surface area contributed by atoms with Crippen molar-refractivity contribution in [3.8, 4) is 0 Å². The highest BCUT2D eigenvalue weighted by atomic mass is 31.2. The minimum absolute atomic E-state index is 0.00160. The van der Waals surface area contributed by atoms with Gasteiger partial charge in [0.15, 0.2) is 0 Å². The van der Waals surface area contributed by atoms with Gasteiger partial charge >= 0.3 is 13.4 Å². The van der Waals surface area contributed by atoms with Crippen molar-refractivity contribution in [1.29, 1.82) is 0 Å². The molecular weight excluding hydrogens is 177 g/mol. The Balaban J connectivity index is 4.40. The van der Waals surface area contributed by atoms with Gasteiger partial charge in [-0.25, -0.2) is 0 Å². The zero-order valence-electron chi connectivity index (χ0n) is 6.38. The normalized spacial score (nSPS) is 11.7. The Labute approximate surface area is 64.2 Å². The molecule has 0 aromatic carbocycles. The molecule has 0 radical (unpaired) electrons. The number of halogens is 2. The molecule has 0 bridgehead atoms. The Bertz CT molecular complexity index is 157. The standard InChI is InChI=1S/C5H11F2O3P/c1-3-9-11(8,5(6)7)10-4-2/h8H,3-4H2,1-2H3. The van der Waals surface area contributed by atoms with Crippen LogP contribution in [0.3, 0.4) is 0 Å². The molecule has 6 heteroatoms. The molecule has 0 atom stereocenters. The van der Waals surface area contributed by atoms with Crippen molar-refractivity contribution in [2.24, 2.45) is 0 Å². The molecule has 0 fully saturated rings. The fraction of sp³-hybridized carbons (Fsp3) is 0.800. The van der Waals surface area contributed by atoms with E-state index < -0.39 is 13.4 Å². The van der Waals surface area contributed by atoms with Gasteiger partial charge in [0.1, 0.15) is 0 Å². The molecule has 0 aliphatic heterocycles. The Morgan fingerprint density at radius 2 is 1.64 bits per heavy atom. The lowest BCUT2D eigenvalue weighted by atomic mass is 10.9. The van der Waals surface area contributed by atoms with Crippen LogP contribution in [0.25, 0.3) is 0 Å². The maximum atomic E-state index is 11.9. The summed E-state index contributed by atoms with van der Waals surface area (Å²) in [6.45, 7) is 3.02. The topological polar surface area (TPSA) is 38.7 Å². The summed E-state index contributed by atoms with van der Waals surface area (Å²) < 4.78 is 32.6. The number of hydrogen-bond donors (Lipinski definition) is 1. The Hall–Kier alpha value is 0.0400. The molecule has 0 spiro atoms. The first-order valence-corrected chi connectivity index (χ1v) is 4.74. The lowest BCUT2D eigenvalue weighted by Crippen LogP contribution is -1.99. The number of rotatable bonds is 4. The molecule has 11 heavy (non-hydrogen) atoms. The van der Waals surface area contributed by atoms with Crippen molar-refractivity contribution >= 4 is 13.4 Å². The van der Waals surface area contributed by atoms with Crippen LogP contribution in [0.4, 0.5) is 8.78 Å². The second-order valence-electron chi connectivity index (χ2n) is 1.60. The lowest BCUT2D eigenvalue weighted by molar-refractivity contribution is 0.206. The van der Waals surface area contributed by atoms with Gasteiger partial charge in [-0.15, -0.1) is 0 Å². The van der Waals surface area contributed by atoms with E-state index in [-0.39, 0.29) is 13.2 Å². The van der Waals surface area contributed by atoms with E-state index in [0.29, 0.717) is 0 Å². The highest BCUT2D eigenvalue weighted by Gasteiger charge is 2.22. The third-order valence-electron chi connectivity index (χ3n) is 0.822. The van der Waals surface area contributed by atoms with Crippen molar-refractivity contribution < 1.29 is 22.7 Å². The minimum Gasteiger partial charge on any atom is -0.329 e. The Morgan fingerprint density at radius 1 is 1.27 bits per heavy atom. The average molecular weight is 188 g/mol. The summed E-state index contributed by atoms with van der Waals surface area (Å²) in [5.41, 5.74) is 0. The van der Waals surface area contributed by atoms with E-state index in [1.807, 2.05) is 0 Å². The molecular formula is C5H11F2O3P. The van der Waals surface area contributed by atoms with Crippen LogP contribution in [-0.2, 0) is 9.05 Å².